The van der Waals surface area contributed by atoms with E-state index in [-0.39, 0.29) is 30.6 Å². The average Bonchev–Trinajstić information content (AvgIpc) is 2.94. The molecule has 0 fully saturated rings. The molecule has 1 amide bonds. The average molecular weight is 538 g/mol. The van der Waals surface area contributed by atoms with E-state index in [1.807, 2.05) is 38.1 Å². The van der Waals surface area contributed by atoms with Gasteiger partial charge in [-0.25, -0.2) is 9.59 Å². The van der Waals surface area contributed by atoms with E-state index in [9.17, 15) is 14.4 Å². The topological polar surface area (TPSA) is 90.9 Å². The summed E-state index contributed by atoms with van der Waals surface area (Å²) in [6, 6.07) is 14.3. The van der Waals surface area contributed by atoms with Crippen LogP contribution >= 0.6 is 0 Å². The Balaban J connectivity index is 2.10. The van der Waals surface area contributed by atoms with E-state index in [0.717, 1.165) is 31.8 Å². The summed E-state index contributed by atoms with van der Waals surface area (Å²) in [4.78, 5) is 38.0. The number of esters is 2. The van der Waals surface area contributed by atoms with Crippen molar-refractivity contribution in [2.45, 2.75) is 85.0 Å². The summed E-state index contributed by atoms with van der Waals surface area (Å²) in [5, 5.41) is 2.84. The fourth-order valence-corrected chi connectivity index (χ4v) is 3.70. The maximum Gasteiger partial charge on any atom is 0.374 e. The quantitative estimate of drug-likeness (QED) is 0.0922. The number of hydrogen-bond donors (Lipinski definition) is 1. The Kier molecular flexibility index (Phi) is 15.1. The van der Waals surface area contributed by atoms with Crippen molar-refractivity contribution < 1.29 is 28.6 Å². The molecule has 212 valence electrons. The van der Waals surface area contributed by atoms with Crippen LogP contribution < -0.4 is 10.1 Å². The molecular weight excluding hydrogens is 494 g/mol. The highest BCUT2D eigenvalue weighted by molar-refractivity contribution is 6.05. The molecule has 7 heteroatoms. The van der Waals surface area contributed by atoms with Crippen molar-refractivity contribution in [3.8, 4) is 5.75 Å². The van der Waals surface area contributed by atoms with Crippen LogP contribution in [-0.2, 0) is 25.5 Å². The standard InChI is InChI=1S/C32H43NO6/c1-4-7-10-11-12-15-25-18-20-26(21-19-25)31(35)33-27-16-13-14-17-28(27)39-29(32(36)38-23-9-6-3)24-30(34)37-22-8-5-2/h13-14,16-21,24H,4-12,15,22-23H2,1-3H3,(H,33,35)/b29-24+. The highest BCUT2D eigenvalue weighted by Crippen LogP contribution is 2.27. The molecule has 0 unspecified atom stereocenters. The number of amides is 1. The van der Waals surface area contributed by atoms with Crippen LogP contribution in [0.2, 0.25) is 0 Å². The summed E-state index contributed by atoms with van der Waals surface area (Å²) in [6.45, 7) is 6.62. The van der Waals surface area contributed by atoms with Gasteiger partial charge in [-0.1, -0.05) is 83.6 Å². The van der Waals surface area contributed by atoms with Crippen LogP contribution in [0.5, 0.6) is 5.75 Å². The second-order valence-corrected chi connectivity index (χ2v) is 9.43. The van der Waals surface area contributed by atoms with E-state index in [1.54, 1.807) is 24.3 Å². The first kappa shape index (κ1) is 31.6. The fourth-order valence-electron chi connectivity index (χ4n) is 3.70. The zero-order valence-corrected chi connectivity index (χ0v) is 23.6. The van der Waals surface area contributed by atoms with Crippen LogP contribution in [0, 0.1) is 0 Å². The summed E-state index contributed by atoms with van der Waals surface area (Å²) >= 11 is 0. The molecule has 0 saturated heterocycles. The van der Waals surface area contributed by atoms with E-state index < -0.39 is 11.9 Å². The number of benzene rings is 2. The first-order chi connectivity index (χ1) is 19.0. The Hall–Kier alpha value is -3.61. The maximum atomic E-state index is 13.0. The van der Waals surface area contributed by atoms with Crippen molar-refractivity contribution in [2.75, 3.05) is 18.5 Å². The number of unbranched alkanes of at least 4 members (excludes halogenated alkanes) is 6. The van der Waals surface area contributed by atoms with Gasteiger partial charge in [-0.2, -0.15) is 0 Å². The number of para-hydroxylation sites is 2. The van der Waals surface area contributed by atoms with E-state index in [0.29, 0.717) is 24.1 Å². The van der Waals surface area contributed by atoms with Crippen molar-refractivity contribution >= 4 is 23.5 Å². The van der Waals surface area contributed by atoms with Gasteiger partial charge in [-0.3, -0.25) is 4.79 Å². The normalized spacial score (nSPS) is 11.1. The van der Waals surface area contributed by atoms with Crippen molar-refractivity contribution in [1.29, 1.82) is 0 Å². The highest BCUT2D eigenvalue weighted by Gasteiger charge is 2.19. The predicted octanol–water partition coefficient (Wildman–Crippen LogP) is 7.40. The molecule has 0 aliphatic heterocycles. The SMILES string of the molecule is CCCCCCCc1ccc(C(=O)Nc2ccccc2O/C(=C/C(=O)OCCCC)C(=O)OCCCC)cc1. The van der Waals surface area contributed by atoms with Gasteiger partial charge in [0, 0.05) is 5.56 Å². The van der Waals surface area contributed by atoms with Gasteiger partial charge in [0.1, 0.15) is 0 Å². The fraction of sp³-hybridized carbons (Fsp3) is 0.469. The molecule has 0 aromatic heterocycles. The first-order valence-electron chi connectivity index (χ1n) is 14.2. The van der Waals surface area contributed by atoms with Crippen LogP contribution in [0.25, 0.3) is 0 Å². The van der Waals surface area contributed by atoms with Gasteiger partial charge in [-0.05, 0) is 55.5 Å². The Morgan fingerprint density at radius 1 is 0.744 bits per heavy atom. The highest BCUT2D eigenvalue weighted by atomic mass is 16.6. The summed E-state index contributed by atoms with van der Waals surface area (Å²) in [6.07, 6.45) is 11.2. The molecule has 0 bridgehead atoms. The zero-order chi connectivity index (χ0) is 28.3. The minimum absolute atomic E-state index is 0.202. The molecular formula is C32H43NO6. The lowest BCUT2D eigenvalue weighted by Gasteiger charge is -2.14. The largest absolute Gasteiger partial charge is 0.462 e. The number of ether oxygens (including phenoxy) is 3. The molecule has 1 N–H and O–H groups in total. The second-order valence-electron chi connectivity index (χ2n) is 9.43. The Morgan fingerprint density at radius 2 is 1.38 bits per heavy atom. The summed E-state index contributed by atoms with van der Waals surface area (Å²) < 4.78 is 16.2. The minimum atomic E-state index is -0.776. The number of carbonyl (C=O) groups excluding carboxylic acids is 3. The number of rotatable bonds is 18. The maximum absolute atomic E-state index is 13.0. The van der Waals surface area contributed by atoms with Gasteiger partial charge < -0.3 is 19.5 Å². The molecule has 2 aromatic carbocycles. The minimum Gasteiger partial charge on any atom is -0.462 e. The number of hydrogen-bond acceptors (Lipinski definition) is 6. The van der Waals surface area contributed by atoms with Gasteiger partial charge >= 0.3 is 11.9 Å². The second kappa shape index (κ2) is 18.6. The lowest BCUT2D eigenvalue weighted by molar-refractivity contribution is -0.143. The summed E-state index contributed by atoms with van der Waals surface area (Å²) in [5.74, 6) is -1.89. The Morgan fingerprint density at radius 3 is 2.08 bits per heavy atom. The monoisotopic (exact) mass is 537 g/mol. The van der Waals surface area contributed by atoms with Gasteiger partial charge in [0.25, 0.3) is 5.91 Å². The van der Waals surface area contributed by atoms with Gasteiger partial charge in [0.2, 0.25) is 5.76 Å². The Bertz CT molecular complexity index is 1060. The molecule has 0 radical (unpaired) electrons. The number of carbonyl (C=O) groups is 3. The van der Waals surface area contributed by atoms with E-state index >= 15 is 0 Å². The third-order valence-electron chi connectivity index (χ3n) is 6.06. The third kappa shape index (κ3) is 12.2. The van der Waals surface area contributed by atoms with Crippen molar-refractivity contribution in [3.63, 3.8) is 0 Å². The molecule has 39 heavy (non-hydrogen) atoms. The van der Waals surface area contributed by atoms with Gasteiger partial charge in [0.15, 0.2) is 5.75 Å². The molecule has 0 saturated carbocycles. The molecule has 0 heterocycles. The number of anilines is 1. The molecule has 0 atom stereocenters. The molecule has 0 aliphatic rings. The van der Waals surface area contributed by atoms with E-state index in [2.05, 4.69) is 12.2 Å². The van der Waals surface area contributed by atoms with Crippen molar-refractivity contribution in [1.82, 2.24) is 0 Å². The summed E-state index contributed by atoms with van der Waals surface area (Å²) in [7, 11) is 0. The van der Waals surface area contributed by atoms with Gasteiger partial charge in [0.05, 0.1) is 25.0 Å². The van der Waals surface area contributed by atoms with Crippen molar-refractivity contribution in [3.05, 3.63) is 71.5 Å². The zero-order valence-electron chi connectivity index (χ0n) is 23.6. The predicted molar refractivity (Wildman–Crippen MR) is 154 cm³/mol. The lowest BCUT2D eigenvalue weighted by Crippen LogP contribution is -2.18. The van der Waals surface area contributed by atoms with Crippen LogP contribution in [-0.4, -0.2) is 31.1 Å². The lowest BCUT2D eigenvalue weighted by atomic mass is 10.0. The molecule has 7 nitrogen and oxygen atoms in total. The van der Waals surface area contributed by atoms with E-state index in [4.69, 9.17) is 14.2 Å². The Labute approximate surface area is 232 Å². The van der Waals surface area contributed by atoms with E-state index in [1.165, 1.54) is 31.2 Å². The third-order valence-corrected chi connectivity index (χ3v) is 6.06. The molecule has 0 spiro atoms. The van der Waals surface area contributed by atoms with Crippen molar-refractivity contribution in [2.24, 2.45) is 0 Å². The first-order valence-corrected chi connectivity index (χ1v) is 14.2. The van der Waals surface area contributed by atoms with Crippen LogP contribution in [0.4, 0.5) is 5.69 Å². The van der Waals surface area contributed by atoms with Crippen LogP contribution in [0.15, 0.2) is 60.4 Å². The smallest absolute Gasteiger partial charge is 0.374 e. The molecule has 2 rings (SSSR count). The molecule has 2 aromatic rings. The van der Waals surface area contributed by atoms with Crippen LogP contribution in [0.3, 0.4) is 0 Å². The summed E-state index contributed by atoms with van der Waals surface area (Å²) in [5.41, 5.74) is 2.07. The van der Waals surface area contributed by atoms with Gasteiger partial charge in [-0.15, -0.1) is 0 Å². The number of nitrogens with one attached hydrogen (secondary N) is 1. The molecule has 0 aliphatic carbocycles. The van der Waals surface area contributed by atoms with Crippen LogP contribution in [0.1, 0.15) is 94.5 Å². The number of aryl methyl sites for hydroxylation is 1.